The zero-order valence-electron chi connectivity index (χ0n) is 10.6. The van der Waals surface area contributed by atoms with Gasteiger partial charge >= 0.3 is 0 Å². The van der Waals surface area contributed by atoms with Crippen molar-refractivity contribution >= 4 is 0 Å². The molecule has 0 atom stereocenters. The van der Waals surface area contributed by atoms with E-state index in [-0.39, 0.29) is 0 Å². The predicted molar refractivity (Wildman–Crippen MR) is 71.0 cm³/mol. The zero-order chi connectivity index (χ0) is 11.8. The molecule has 1 heterocycles. The molecule has 0 bridgehead atoms. The highest BCUT2D eigenvalue weighted by atomic mass is 16.5. The number of ether oxygens (including phenoxy) is 1. The SMILES string of the molecule is c1ccc(COCCN2CCCCCC2)cc1. The number of rotatable bonds is 5. The molecule has 0 N–H and O–H groups in total. The lowest BCUT2D eigenvalue weighted by molar-refractivity contribution is 0.0936. The lowest BCUT2D eigenvalue weighted by atomic mass is 10.2. The fourth-order valence-corrected chi connectivity index (χ4v) is 2.32. The molecule has 1 aliphatic rings. The van der Waals surface area contributed by atoms with Crippen LogP contribution in [0.5, 0.6) is 0 Å². The minimum Gasteiger partial charge on any atom is -0.375 e. The van der Waals surface area contributed by atoms with Crippen molar-refractivity contribution in [2.75, 3.05) is 26.2 Å². The molecular weight excluding hydrogens is 210 g/mol. The maximum atomic E-state index is 5.72. The Morgan fingerprint density at radius 2 is 1.65 bits per heavy atom. The lowest BCUT2D eigenvalue weighted by Gasteiger charge is -2.19. The Bertz CT molecular complexity index is 291. The van der Waals surface area contributed by atoms with E-state index in [9.17, 15) is 0 Å². The van der Waals surface area contributed by atoms with Gasteiger partial charge in [-0.15, -0.1) is 0 Å². The van der Waals surface area contributed by atoms with Gasteiger partial charge in [0.1, 0.15) is 0 Å². The summed E-state index contributed by atoms with van der Waals surface area (Å²) in [6, 6.07) is 10.4. The average Bonchev–Trinajstić information content (AvgIpc) is 2.65. The van der Waals surface area contributed by atoms with Crippen LogP contribution >= 0.6 is 0 Å². The Labute approximate surface area is 105 Å². The van der Waals surface area contributed by atoms with Gasteiger partial charge in [-0.2, -0.15) is 0 Å². The van der Waals surface area contributed by atoms with E-state index in [0.29, 0.717) is 0 Å². The van der Waals surface area contributed by atoms with Gasteiger partial charge in [0, 0.05) is 6.54 Å². The summed E-state index contributed by atoms with van der Waals surface area (Å²) >= 11 is 0. The Hall–Kier alpha value is -0.860. The molecule has 1 aromatic rings. The molecule has 0 saturated carbocycles. The maximum Gasteiger partial charge on any atom is 0.0717 e. The summed E-state index contributed by atoms with van der Waals surface area (Å²) in [4.78, 5) is 2.54. The van der Waals surface area contributed by atoms with Crippen molar-refractivity contribution in [1.29, 1.82) is 0 Å². The molecule has 1 aliphatic heterocycles. The highest BCUT2D eigenvalue weighted by Gasteiger charge is 2.07. The van der Waals surface area contributed by atoms with E-state index in [1.807, 2.05) is 6.07 Å². The molecule has 94 valence electrons. The first kappa shape index (κ1) is 12.6. The number of hydrogen-bond acceptors (Lipinski definition) is 2. The molecule has 0 aliphatic carbocycles. The Kier molecular flexibility index (Phi) is 5.53. The monoisotopic (exact) mass is 233 g/mol. The van der Waals surface area contributed by atoms with E-state index in [0.717, 1.165) is 19.8 Å². The van der Waals surface area contributed by atoms with Crippen LogP contribution in [0.1, 0.15) is 31.2 Å². The van der Waals surface area contributed by atoms with Crippen LogP contribution in [0.4, 0.5) is 0 Å². The quantitative estimate of drug-likeness (QED) is 0.725. The van der Waals surface area contributed by atoms with Crippen LogP contribution in [0, 0.1) is 0 Å². The summed E-state index contributed by atoms with van der Waals surface area (Å²) in [5.74, 6) is 0. The molecule has 2 heteroatoms. The number of benzene rings is 1. The van der Waals surface area contributed by atoms with Crippen LogP contribution in [0.2, 0.25) is 0 Å². The second kappa shape index (κ2) is 7.46. The third kappa shape index (κ3) is 4.88. The number of hydrogen-bond donors (Lipinski definition) is 0. The summed E-state index contributed by atoms with van der Waals surface area (Å²) in [5, 5.41) is 0. The van der Waals surface area contributed by atoms with E-state index in [1.165, 1.54) is 44.3 Å². The van der Waals surface area contributed by atoms with Crippen LogP contribution in [0.15, 0.2) is 30.3 Å². The molecule has 0 amide bonds. The summed E-state index contributed by atoms with van der Waals surface area (Å²) in [6.45, 7) is 5.21. The minimum atomic E-state index is 0.745. The molecule has 17 heavy (non-hydrogen) atoms. The molecular formula is C15H23NO. The van der Waals surface area contributed by atoms with Crippen molar-refractivity contribution in [1.82, 2.24) is 4.90 Å². The number of nitrogens with zero attached hydrogens (tertiary/aromatic N) is 1. The van der Waals surface area contributed by atoms with Gasteiger partial charge in [0.25, 0.3) is 0 Å². The van der Waals surface area contributed by atoms with Gasteiger partial charge in [-0.3, -0.25) is 0 Å². The third-order valence-corrected chi connectivity index (χ3v) is 3.36. The van der Waals surface area contributed by atoms with Crippen molar-refractivity contribution in [3.63, 3.8) is 0 Å². The Balaban J connectivity index is 1.59. The topological polar surface area (TPSA) is 12.5 Å². The standard InChI is InChI=1S/C15H23NO/c1-2-7-11-16(10-6-1)12-13-17-14-15-8-4-3-5-9-15/h3-5,8-9H,1-2,6-7,10-14H2. The normalized spacial score (nSPS) is 17.9. The van der Waals surface area contributed by atoms with Gasteiger partial charge in [0.15, 0.2) is 0 Å². The van der Waals surface area contributed by atoms with Gasteiger partial charge < -0.3 is 9.64 Å². The summed E-state index contributed by atoms with van der Waals surface area (Å²) in [7, 11) is 0. The van der Waals surface area contributed by atoms with Gasteiger partial charge in [0.05, 0.1) is 13.2 Å². The van der Waals surface area contributed by atoms with E-state index in [4.69, 9.17) is 4.74 Å². The van der Waals surface area contributed by atoms with E-state index < -0.39 is 0 Å². The van der Waals surface area contributed by atoms with Crippen molar-refractivity contribution < 1.29 is 4.74 Å². The van der Waals surface area contributed by atoms with Crippen molar-refractivity contribution in [2.45, 2.75) is 32.3 Å². The highest BCUT2D eigenvalue weighted by molar-refractivity contribution is 5.13. The molecule has 0 radical (unpaired) electrons. The van der Waals surface area contributed by atoms with E-state index in [1.54, 1.807) is 0 Å². The van der Waals surface area contributed by atoms with Gasteiger partial charge in [-0.1, -0.05) is 43.2 Å². The Morgan fingerprint density at radius 1 is 0.941 bits per heavy atom. The van der Waals surface area contributed by atoms with Crippen LogP contribution in [-0.2, 0) is 11.3 Å². The van der Waals surface area contributed by atoms with Gasteiger partial charge in [0.2, 0.25) is 0 Å². The minimum absolute atomic E-state index is 0.745. The van der Waals surface area contributed by atoms with Crippen LogP contribution in [-0.4, -0.2) is 31.1 Å². The molecule has 0 aromatic heterocycles. The van der Waals surface area contributed by atoms with Gasteiger partial charge in [-0.05, 0) is 31.5 Å². The van der Waals surface area contributed by atoms with Crippen molar-refractivity contribution in [2.24, 2.45) is 0 Å². The molecule has 2 rings (SSSR count). The third-order valence-electron chi connectivity index (χ3n) is 3.36. The fraction of sp³-hybridized carbons (Fsp3) is 0.600. The van der Waals surface area contributed by atoms with Crippen LogP contribution < -0.4 is 0 Å². The highest BCUT2D eigenvalue weighted by Crippen LogP contribution is 2.09. The summed E-state index contributed by atoms with van der Waals surface area (Å²) in [5.41, 5.74) is 1.27. The average molecular weight is 233 g/mol. The maximum absolute atomic E-state index is 5.72. The predicted octanol–water partition coefficient (Wildman–Crippen LogP) is 3.08. The molecule has 1 fully saturated rings. The first-order valence-corrected chi connectivity index (χ1v) is 6.79. The zero-order valence-corrected chi connectivity index (χ0v) is 10.6. The smallest absolute Gasteiger partial charge is 0.0717 e. The Morgan fingerprint density at radius 3 is 2.35 bits per heavy atom. The molecule has 1 saturated heterocycles. The first-order chi connectivity index (χ1) is 8.45. The second-order valence-electron chi connectivity index (χ2n) is 4.79. The van der Waals surface area contributed by atoms with Gasteiger partial charge in [-0.25, -0.2) is 0 Å². The second-order valence-corrected chi connectivity index (χ2v) is 4.79. The van der Waals surface area contributed by atoms with Crippen LogP contribution in [0.3, 0.4) is 0 Å². The molecule has 2 nitrogen and oxygen atoms in total. The molecule has 1 aromatic carbocycles. The molecule has 0 unspecified atom stereocenters. The van der Waals surface area contributed by atoms with E-state index >= 15 is 0 Å². The fourth-order valence-electron chi connectivity index (χ4n) is 2.32. The van der Waals surface area contributed by atoms with Crippen molar-refractivity contribution in [3.8, 4) is 0 Å². The van der Waals surface area contributed by atoms with Crippen molar-refractivity contribution in [3.05, 3.63) is 35.9 Å². The van der Waals surface area contributed by atoms with E-state index in [2.05, 4.69) is 29.2 Å². The molecule has 0 spiro atoms. The first-order valence-electron chi connectivity index (χ1n) is 6.79. The number of likely N-dealkylation sites (tertiary alicyclic amines) is 1. The summed E-state index contributed by atoms with van der Waals surface area (Å²) in [6.07, 6.45) is 5.53. The van der Waals surface area contributed by atoms with Crippen LogP contribution in [0.25, 0.3) is 0 Å². The largest absolute Gasteiger partial charge is 0.375 e. The summed E-state index contributed by atoms with van der Waals surface area (Å²) < 4.78 is 5.72. The lowest BCUT2D eigenvalue weighted by Crippen LogP contribution is -2.28.